The Labute approximate surface area is 244 Å². The number of piperidine rings is 2. The molecule has 0 radical (unpaired) electrons. The van der Waals surface area contributed by atoms with Crippen molar-refractivity contribution in [2.24, 2.45) is 0 Å². The molecule has 41 heavy (non-hydrogen) atoms. The van der Waals surface area contributed by atoms with Crippen molar-refractivity contribution in [3.05, 3.63) is 52.0 Å². The average molecular weight is 588 g/mol. The molecule has 11 nitrogen and oxygen atoms in total. The van der Waals surface area contributed by atoms with Gasteiger partial charge in [-0.15, -0.1) is 0 Å². The number of amides is 2. The van der Waals surface area contributed by atoms with Crippen molar-refractivity contribution in [1.82, 2.24) is 15.1 Å². The molecule has 2 aromatic carbocycles. The maximum Gasteiger partial charge on any atom is 0.335 e. The Hall–Kier alpha value is -3.38. The van der Waals surface area contributed by atoms with Gasteiger partial charge in [0.1, 0.15) is 5.75 Å². The number of nitrogens with one attached hydrogen (secondary N) is 2. The molecule has 0 aromatic heterocycles. The van der Waals surface area contributed by atoms with Gasteiger partial charge < -0.3 is 35.8 Å². The molecule has 0 bridgehead atoms. The number of nitrogens with zero attached hydrogens (tertiary/aromatic N) is 2. The van der Waals surface area contributed by atoms with E-state index in [1.165, 1.54) is 19.2 Å². The molecular formula is C29H38ClN5O6. The highest BCUT2D eigenvalue weighted by Gasteiger charge is 2.32. The van der Waals surface area contributed by atoms with Crippen molar-refractivity contribution in [1.29, 1.82) is 0 Å². The number of carbonyl (C=O) groups is 3. The van der Waals surface area contributed by atoms with Crippen LogP contribution in [0.25, 0.3) is 0 Å². The van der Waals surface area contributed by atoms with E-state index in [-0.39, 0.29) is 52.6 Å². The normalized spacial score (nSPS) is 21.7. The summed E-state index contributed by atoms with van der Waals surface area (Å²) in [7, 11) is 5.06. The highest BCUT2D eigenvalue weighted by atomic mass is 35.5. The molecule has 2 amide bonds. The predicted molar refractivity (Wildman–Crippen MR) is 157 cm³/mol. The lowest BCUT2D eigenvalue weighted by atomic mass is 9.87. The molecule has 2 aromatic rings. The molecule has 0 saturated carbocycles. The predicted octanol–water partition coefficient (Wildman–Crippen LogP) is 2.90. The van der Waals surface area contributed by atoms with Gasteiger partial charge in [-0.3, -0.25) is 14.5 Å². The summed E-state index contributed by atoms with van der Waals surface area (Å²) >= 11 is 6.13. The average Bonchev–Trinajstić information content (AvgIpc) is 2.94. The first kappa shape index (κ1) is 30.6. The van der Waals surface area contributed by atoms with Gasteiger partial charge in [-0.2, -0.15) is 0 Å². The monoisotopic (exact) mass is 587 g/mol. The number of ether oxygens (including phenoxy) is 2. The molecule has 0 spiro atoms. The lowest BCUT2D eigenvalue weighted by Crippen LogP contribution is -2.55. The second-order valence-electron chi connectivity index (χ2n) is 10.7. The fourth-order valence-electron chi connectivity index (χ4n) is 5.69. The van der Waals surface area contributed by atoms with E-state index in [4.69, 9.17) is 26.8 Å². The number of carboxylic acid groups (broad SMARTS) is 1. The van der Waals surface area contributed by atoms with Gasteiger partial charge in [0, 0.05) is 38.5 Å². The maximum absolute atomic E-state index is 13.0. The summed E-state index contributed by atoms with van der Waals surface area (Å²) in [5.74, 6) is -1.12. The van der Waals surface area contributed by atoms with Crippen molar-refractivity contribution >= 4 is 40.8 Å². The van der Waals surface area contributed by atoms with E-state index < -0.39 is 5.97 Å². The van der Waals surface area contributed by atoms with Crippen molar-refractivity contribution < 1.29 is 29.0 Å². The van der Waals surface area contributed by atoms with Crippen LogP contribution < -0.4 is 21.1 Å². The quantitative estimate of drug-likeness (QED) is 0.325. The van der Waals surface area contributed by atoms with Crippen molar-refractivity contribution in [2.45, 2.75) is 37.3 Å². The van der Waals surface area contributed by atoms with Crippen LogP contribution in [0, 0.1) is 0 Å². The highest BCUT2D eigenvalue weighted by Crippen LogP contribution is 2.32. The van der Waals surface area contributed by atoms with E-state index in [2.05, 4.69) is 15.5 Å². The van der Waals surface area contributed by atoms with E-state index in [9.17, 15) is 19.5 Å². The van der Waals surface area contributed by atoms with Crippen LogP contribution in [0.2, 0.25) is 5.02 Å². The molecular weight excluding hydrogens is 550 g/mol. The second kappa shape index (κ2) is 13.5. The largest absolute Gasteiger partial charge is 0.496 e. The van der Waals surface area contributed by atoms with Crippen LogP contribution in [-0.4, -0.2) is 98.8 Å². The van der Waals surface area contributed by atoms with Gasteiger partial charge >= 0.3 is 5.97 Å². The molecule has 1 unspecified atom stereocenters. The smallest absolute Gasteiger partial charge is 0.335 e. The van der Waals surface area contributed by atoms with Gasteiger partial charge in [0.2, 0.25) is 5.91 Å². The number of likely N-dealkylation sites (tertiary alicyclic amines) is 2. The summed E-state index contributed by atoms with van der Waals surface area (Å²) in [5.41, 5.74) is 8.02. The number of hydrogen-bond donors (Lipinski definition) is 4. The molecule has 2 heterocycles. The Morgan fingerprint density at radius 3 is 2.56 bits per heavy atom. The van der Waals surface area contributed by atoms with Crippen LogP contribution >= 0.6 is 11.6 Å². The van der Waals surface area contributed by atoms with Crippen molar-refractivity contribution in [3.63, 3.8) is 0 Å². The van der Waals surface area contributed by atoms with Crippen LogP contribution in [0.1, 0.15) is 51.5 Å². The summed E-state index contributed by atoms with van der Waals surface area (Å²) in [6, 6.07) is 7.70. The number of aromatic carboxylic acids is 1. The molecule has 0 aliphatic carbocycles. The number of hydrogen-bond acceptors (Lipinski definition) is 8. The minimum Gasteiger partial charge on any atom is -0.496 e. The molecule has 4 rings (SSSR count). The minimum atomic E-state index is -0.968. The van der Waals surface area contributed by atoms with Gasteiger partial charge in [-0.25, -0.2) is 4.79 Å². The molecule has 12 heteroatoms. The number of benzene rings is 2. The number of nitrogen functional groups attached to an aromatic ring is 1. The van der Waals surface area contributed by atoms with E-state index >= 15 is 0 Å². The molecule has 3 atom stereocenters. The minimum absolute atomic E-state index is 0.0950. The summed E-state index contributed by atoms with van der Waals surface area (Å²) in [4.78, 5) is 42.1. The SMILES string of the molecule is COc1cc(N)c(Cl)cc1C(=O)N[C@@H]1CCN(CC(=O)Nc2ccc(C(=O)O)c(C3CCCN(C)C3)c2)C[C@@H]1OC. The van der Waals surface area contributed by atoms with Gasteiger partial charge in [0.15, 0.2) is 0 Å². The van der Waals surface area contributed by atoms with Crippen molar-refractivity contribution in [3.8, 4) is 5.75 Å². The molecule has 2 aliphatic heterocycles. The van der Waals surface area contributed by atoms with Crippen LogP contribution in [0.4, 0.5) is 11.4 Å². The van der Waals surface area contributed by atoms with E-state index in [0.29, 0.717) is 36.6 Å². The summed E-state index contributed by atoms with van der Waals surface area (Å²) in [6.07, 6.45) is 2.12. The molecule has 2 fully saturated rings. The number of likely N-dealkylation sites (N-methyl/N-ethyl adjacent to an activating group) is 1. The number of nitrogens with two attached hydrogens (primary N) is 1. The Kier molecular flexibility index (Phi) is 10.1. The Morgan fingerprint density at radius 2 is 1.88 bits per heavy atom. The third-order valence-corrected chi connectivity index (χ3v) is 8.15. The van der Waals surface area contributed by atoms with E-state index in [1.807, 2.05) is 11.9 Å². The summed E-state index contributed by atoms with van der Waals surface area (Å²) < 4.78 is 11.0. The first-order valence-corrected chi connectivity index (χ1v) is 14.0. The van der Waals surface area contributed by atoms with Crippen LogP contribution in [0.5, 0.6) is 5.75 Å². The van der Waals surface area contributed by atoms with Gasteiger partial charge in [-0.05, 0) is 68.6 Å². The zero-order chi connectivity index (χ0) is 29.7. The second-order valence-corrected chi connectivity index (χ2v) is 11.1. The molecule has 5 N–H and O–H groups in total. The van der Waals surface area contributed by atoms with Crippen molar-refractivity contribution in [2.75, 3.05) is 65.0 Å². The van der Waals surface area contributed by atoms with Gasteiger partial charge in [-0.1, -0.05) is 11.6 Å². The summed E-state index contributed by atoms with van der Waals surface area (Å²) in [5, 5.41) is 15.9. The van der Waals surface area contributed by atoms with Gasteiger partial charge in [0.05, 0.1) is 47.6 Å². The maximum atomic E-state index is 13.0. The van der Waals surface area contributed by atoms with E-state index in [1.54, 1.807) is 25.3 Å². The number of carbonyl (C=O) groups excluding carboxylic acids is 2. The first-order valence-electron chi connectivity index (χ1n) is 13.6. The Morgan fingerprint density at radius 1 is 1.10 bits per heavy atom. The van der Waals surface area contributed by atoms with Crippen LogP contribution in [0.15, 0.2) is 30.3 Å². The van der Waals surface area contributed by atoms with Crippen LogP contribution in [-0.2, 0) is 9.53 Å². The summed E-state index contributed by atoms with van der Waals surface area (Å²) in [6.45, 7) is 2.90. The zero-order valence-electron chi connectivity index (χ0n) is 23.6. The number of halogens is 1. The van der Waals surface area contributed by atoms with Gasteiger partial charge in [0.25, 0.3) is 5.91 Å². The van der Waals surface area contributed by atoms with Crippen LogP contribution in [0.3, 0.4) is 0 Å². The lowest BCUT2D eigenvalue weighted by molar-refractivity contribution is -0.118. The highest BCUT2D eigenvalue weighted by molar-refractivity contribution is 6.33. The number of methoxy groups -OCH3 is 2. The fourth-order valence-corrected chi connectivity index (χ4v) is 5.85. The Balaban J connectivity index is 1.37. The third kappa shape index (κ3) is 7.48. The number of anilines is 2. The number of rotatable bonds is 9. The van der Waals surface area contributed by atoms with E-state index in [0.717, 1.165) is 31.5 Å². The lowest BCUT2D eigenvalue weighted by Gasteiger charge is -2.37. The standard InChI is InChI=1S/C29H38ClN5O6/c1-34-9-4-5-17(14-34)20-11-18(6-7-19(20)29(38)39)32-27(36)16-35-10-8-24(26(15-35)41-3)33-28(37)21-12-22(30)23(31)13-25(21)40-2/h6-7,11-13,17,24,26H,4-5,8-10,14-16,31H2,1-3H3,(H,32,36)(H,33,37)(H,38,39)/t17?,24-,26+/m1/s1. The Bertz CT molecular complexity index is 1290. The third-order valence-electron chi connectivity index (χ3n) is 7.82. The topological polar surface area (TPSA) is 146 Å². The fraction of sp³-hybridized carbons (Fsp3) is 0.483. The molecule has 2 aliphatic rings. The number of carboxylic acids is 1. The molecule has 222 valence electrons. The zero-order valence-corrected chi connectivity index (χ0v) is 24.4. The molecule has 2 saturated heterocycles. The first-order chi connectivity index (χ1) is 19.6.